The van der Waals surface area contributed by atoms with Crippen LogP contribution >= 0.6 is 0 Å². The van der Waals surface area contributed by atoms with Crippen LogP contribution in [0.4, 0.5) is 0 Å². The van der Waals surface area contributed by atoms with E-state index in [1.165, 1.54) is 0 Å². The fourth-order valence-corrected chi connectivity index (χ4v) is 2.18. The van der Waals surface area contributed by atoms with Gasteiger partial charge in [0.15, 0.2) is 0 Å². The van der Waals surface area contributed by atoms with E-state index in [-0.39, 0.29) is 17.9 Å². The van der Waals surface area contributed by atoms with Crippen LogP contribution in [0.1, 0.15) is 12.8 Å². The van der Waals surface area contributed by atoms with Crippen LogP contribution in [-0.2, 0) is 4.79 Å². The zero-order valence-corrected chi connectivity index (χ0v) is 10.2. The second-order valence-corrected chi connectivity index (χ2v) is 4.89. The van der Waals surface area contributed by atoms with Crippen molar-refractivity contribution in [1.29, 1.82) is 0 Å². The van der Waals surface area contributed by atoms with E-state index in [1.807, 2.05) is 19.0 Å². The molecule has 0 aliphatic carbocycles. The second-order valence-electron chi connectivity index (χ2n) is 4.89. The molecule has 0 radical (unpaired) electrons. The summed E-state index contributed by atoms with van der Waals surface area (Å²) in [5, 5.41) is 9.77. The van der Waals surface area contributed by atoms with Crippen LogP contribution in [0, 0.1) is 5.92 Å². The van der Waals surface area contributed by atoms with Gasteiger partial charge >= 0.3 is 0 Å². The van der Waals surface area contributed by atoms with Gasteiger partial charge in [-0.15, -0.1) is 0 Å². The average molecular weight is 229 g/mol. The summed E-state index contributed by atoms with van der Waals surface area (Å²) in [5.41, 5.74) is 5.27. The molecule has 0 aromatic carbocycles. The van der Waals surface area contributed by atoms with Crippen LogP contribution in [0.25, 0.3) is 0 Å². The first-order chi connectivity index (χ1) is 7.49. The fraction of sp³-hybridized carbons (Fsp3) is 0.909. The van der Waals surface area contributed by atoms with Crippen molar-refractivity contribution in [2.75, 3.05) is 40.3 Å². The molecule has 16 heavy (non-hydrogen) atoms. The van der Waals surface area contributed by atoms with E-state index in [9.17, 15) is 9.90 Å². The third kappa shape index (κ3) is 4.47. The summed E-state index contributed by atoms with van der Waals surface area (Å²) in [6, 6.07) is 0. The molecule has 0 aromatic heterocycles. The second kappa shape index (κ2) is 6.18. The molecule has 0 bridgehead atoms. The molecule has 5 nitrogen and oxygen atoms in total. The van der Waals surface area contributed by atoms with Crippen molar-refractivity contribution in [2.24, 2.45) is 11.7 Å². The molecule has 1 aliphatic heterocycles. The Morgan fingerprint density at radius 3 is 2.50 bits per heavy atom. The Labute approximate surface area is 97.2 Å². The molecule has 1 unspecified atom stereocenters. The summed E-state index contributed by atoms with van der Waals surface area (Å²) in [5.74, 6) is -0.157. The van der Waals surface area contributed by atoms with E-state index in [2.05, 4.69) is 4.90 Å². The van der Waals surface area contributed by atoms with Gasteiger partial charge in [-0.05, 0) is 40.0 Å². The summed E-state index contributed by atoms with van der Waals surface area (Å²) >= 11 is 0. The van der Waals surface area contributed by atoms with Gasteiger partial charge in [0.1, 0.15) is 0 Å². The number of hydrogen-bond donors (Lipinski definition) is 2. The van der Waals surface area contributed by atoms with Crippen molar-refractivity contribution in [3.63, 3.8) is 0 Å². The number of likely N-dealkylation sites (tertiary alicyclic amines) is 1. The summed E-state index contributed by atoms with van der Waals surface area (Å²) in [4.78, 5) is 15.2. The number of aliphatic hydroxyl groups excluding tert-OH is 1. The van der Waals surface area contributed by atoms with Crippen LogP contribution in [0.15, 0.2) is 0 Å². The molecule has 0 saturated carbocycles. The number of likely N-dealkylation sites (N-methyl/N-ethyl adjacent to an activating group) is 1. The lowest BCUT2D eigenvalue weighted by atomic mass is 9.96. The van der Waals surface area contributed by atoms with Gasteiger partial charge in [-0.25, -0.2) is 0 Å². The van der Waals surface area contributed by atoms with E-state index in [0.29, 0.717) is 13.1 Å². The van der Waals surface area contributed by atoms with Gasteiger partial charge in [0, 0.05) is 19.0 Å². The van der Waals surface area contributed by atoms with Gasteiger partial charge in [-0.2, -0.15) is 0 Å². The average Bonchev–Trinajstić information content (AvgIpc) is 2.16. The SMILES string of the molecule is CN(C)CC(O)CN1CCC(C(N)=O)CC1. The van der Waals surface area contributed by atoms with Gasteiger partial charge in [-0.3, -0.25) is 4.79 Å². The Kier molecular flexibility index (Phi) is 5.18. The van der Waals surface area contributed by atoms with Gasteiger partial charge in [0.25, 0.3) is 0 Å². The molecule has 3 N–H and O–H groups in total. The lowest BCUT2D eigenvalue weighted by Crippen LogP contribution is -2.43. The lowest BCUT2D eigenvalue weighted by Gasteiger charge is -2.32. The molecule has 5 heteroatoms. The van der Waals surface area contributed by atoms with Gasteiger partial charge in [0.2, 0.25) is 5.91 Å². The summed E-state index contributed by atoms with van der Waals surface area (Å²) < 4.78 is 0. The topological polar surface area (TPSA) is 69.8 Å². The number of nitrogens with zero attached hydrogens (tertiary/aromatic N) is 2. The molecule has 1 amide bonds. The first-order valence-corrected chi connectivity index (χ1v) is 5.83. The Hall–Kier alpha value is -0.650. The van der Waals surface area contributed by atoms with E-state index >= 15 is 0 Å². The molecule has 1 fully saturated rings. The number of nitrogens with two attached hydrogens (primary N) is 1. The zero-order chi connectivity index (χ0) is 12.1. The number of amides is 1. The van der Waals surface area contributed by atoms with E-state index < -0.39 is 0 Å². The molecule has 0 spiro atoms. The minimum atomic E-state index is -0.319. The van der Waals surface area contributed by atoms with Crippen LogP contribution in [-0.4, -0.2) is 67.2 Å². The Morgan fingerprint density at radius 2 is 2.06 bits per heavy atom. The normalized spacial score (nSPS) is 21.2. The van der Waals surface area contributed by atoms with Crippen LogP contribution in [0.2, 0.25) is 0 Å². The largest absolute Gasteiger partial charge is 0.390 e. The summed E-state index contributed by atoms with van der Waals surface area (Å²) in [6.45, 7) is 3.08. The number of β-amino-alcohol motifs (C(OH)–C–C–N with tert-alkyl or cyclic N) is 1. The van der Waals surface area contributed by atoms with Gasteiger partial charge in [0.05, 0.1) is 6.10 Å². The first-order valence-electron chi connectivity index (χ1n) is 5.83. The maximum Gasteiger partial charge on any atom is 0.220 e. The highest BCUT2D eigenvalue weighted by Gasteiger charge is 2.24. The predicted octanol–water partition coefficient (Wildman–Crippen LogP) is -0.894. The van der Waals surface area contributed by atoms with Crippen molar-refractivity contribution < 1.29 is 9.90 Å². The minimum Gasteiger partial charge on any atom is -0.390 e. The third-order valence-corrected chi connectivity index (χ3v) is 3.03. The summed E-state index contributed by atoms with van der Waals surface area (Å²) in [7, 11) is 3.89. The Morgan fingerprint density at radius 1 is 1.50 bits per heavy atom. The van der Waals surface area contributed by atoms with Crippen molar-refractivity contribution in [3.05, 3.63) is 0 Å². The smallest absolute Gasteiger partial charge is 0.220 e. The maximum atomic E-state index is 11.0. The Balaban J connectivity index is 2.24. The standard InChI is InChI=1S/C11H23N3O2/c1-13(2)7-10(15)8-14-5-3-9(4-6-14)11(12)16/h9-10,15H,3-8H2,1-2H3,(H2,12,16). The molecule has 1 heterocycles. The van der Waals surface area contributed by atoms with Crippen LogP contribution in [0.5, 0.6) is 0 Å². The number of piperidine rings is 1. The van der Waals surface area contributed by atoms with Crippen LogP contribution in [0.3, 0.4) is 0 Å². The molecule has 1 atom stereocenters. The minimum absolute atomic E-state index is 0.0299. The quantitative estimate of drug-likeness (QED) is 0.641. The number of hydrogen-bond acceptors (Lipinski definition) is 4. The van der Waals surface area contributed by atoms with E-state index in [4.69, 9.17) is 5.73 Å². The van der Waals surface area contributed by atoms with Crippen molar-refractivity contribution in [1.82, 2.24) is 9.80 Å². The fourth-order valence-electron chi connectivity index (χ4n) is 2.18. The van der Waals surface area contributed by atoms with Crippen molar-refractivity contribution >= 4 is 5.91 Å². The summed E-state index contributed by atoms with van der Waals surface area (Å²) in [6.07, 6.45) is 1.33. The molecule has 1 rings (SSSR count). The number of aliphatic hydroxyl groups is 1. The maximum absolute atomic E-state index is 11.0. The predicted molar refractivity (Wildman–Crippen MR) is 62.9 cm³/mol. The molecule has 0 aromatic rings. The molecule has 1 saturated heterocycles. The number of carbonyl (C=O) groups is 1. The first kappa shape index (κ1) is 13.4. The highest BCUT2D eigenvalue weighted by Crippen LogP contribution is 2.16. The third-order valence-electron chi connectivity index (χ3n) is 3.03. The molecule has 1 aliphatic rings. The van der Waals surface area contributed by atoms with Gasteiger partial charge < -0.3 is 20.6 Å². The molecular weight excluding hydrogens is 206 g/mol. The number of primary amides is 1. The Bertz CT molecular complexity index is 225. The highest BCUT2D eigenvalue weighted by molar-refractivity contribution is 5.76. The van der Waals surface area contributed by atoms with Crippen LogP contribution < -0.4 is 5.73 Å². The van der Waals surface area contributed by atoms with E-state index in [0.717, 1.165) is 25.9 Å². The monoisotopic (exact) mass is 229 g/mol. The number of rotatable bonds is 5. The highest BCUT2D eigenvalue weighted by atomic mass is 16.3. The van der Waals surface area contributed by atoms with Crippen molar-refractivity contribution in [2.45, 2.75) is 18.9 Å². The van der Waals surface area contributed by atoms with Gasteiger partial charge in [-0.1, -0.05) is 0 Å². The lowest BCUT2D eigenvalue weighted by molar-refractivity contribution is -0.123. The molecule has 94 valence electrons. The molecular formula is C11H23N3O2. The van der Waals surface area contributed by atoms with Crippen molar-refractivity contribution in [3.8, 4) is 0 Å². The zero-order valence-electron chi connectivity index (χ0n) is 10.2. The number of carbonyl (C=O) groups excluding carboxylic acids is 1. The van der Waals surface area contributed by atoms with E-state index in [1.54, 1.807) is 0 Å².